The zero-order valence-corrected chi connectivity index (χ0v) is 16.7. The smallest absolute Gasteiger partial charge is 0.229 e. The second-order valence-corrected chi connectivity index (χ2v) is 7.68. The number of carbonyl (C=O) groups is 1. The molecule has 4 rings (SSSR count). The van der Waals surface area contributed by atoms with Crippen molar-refractivity contribution in [1.29, 1.82) is 0 Å². The number of rotatable bonds is 4. The van der Waals surface area contributed by atoms with Crippen LogP contribution in [0.25, 0.3) is 0 Å². The van der Waals surface area contributed by atoms with Gasteiger partial charge in [0.1, 0.15) is 53.3 Å². The molecule has 2 heterocycles. The summed E-state index contributed by atoms with van der Waals surface area (Å²) in [5, 5.41) is 50.1. The van der Waals surface area contributed by atoms with Crippen LogP contribution in [-0.4, -0.2) is 68.6 Å². The van der Waals surface area contributed by atoms with Crippen molar-refractivity contribution in [2.75, 3.05) is 6.61 Å². The highest BCUT2D eigenvalue weighted by molar-refractivity contribution is 6.03. The molecular formula is C22H24O9. The third-order valence-electron chi connectivity index (χ3n) is 5.65. The Balaban J connectivity index is 1.65. The Kier molecular flexibility index (Phi) is 5.87. The van der Waals surface area contributed by atoms with Crippen molar-refractivity contribution in [3.63, 3.8) is 0 Å². The number of phenolic OH excluding ortho intramolecular Hbond substituents is 1. The van der Waals surface area contributed by atoms with Crippen molar-refractivity contribution in [3.8, 4) is 17.2 Å². The van der Waals surface area contributed by atoms with Crippen molar-refractivity contribution < 1.29 is 44.5 Å². The van der Waals surface area contributed by atoms with Gasteiger partial charge in [-0.2, -0.15) is 0 Å². The number of fused-ring (bicyclic) bond motifs is 1. The van der Waals surface area contributed by atoms with Gasteiger partial charge in [0.15, 0.2) is 5.78 Å². The summed E-state index contributed by atoms with van der Waals surface area (Å²) in [6.07, 6.45) is -7.80. The lowest BCUT2D eigenvalue weighted by atomic mass is 9.94. The molecule has 6 atom stereocenters. The first-order chi connectivity index (χ1) is 14.8. The first-order valence-corrected chi connectivity index (χ1v) is 9.90. The first kappa shape index (κ1) is 21.5. The Morgan fingerprint density at radius 2 is 1.81 bits per heavy atom. The number of ether oxygens (including phenoxy) is 3. The molecule has 0 spiro atoms. The highest BCUT2D eigenvalue weighted by Gasteiger charge is 2.45. The average Bonchev–Trinajstić information content (AvgIpc) is 2.77. The normalized spacial score (nSPS) is 30.4. The highest BCUT2D eigenvalue weighted by atomic mass is 16.7. The molecule has 31 heavy (non-hydrogen) atoms. The number of hydrogen-bond donors (Lipinski definition) is 5. The molecule has 0 aliphatic carbocycles. The second kappa shape index (κ2) is 8.45. The minimum Gasteiger partial charge on any atom is -0.507 e. The van der Waals surface area contributed by atoms with Gasteiger partial charge in [-0.1, -0.05) is 30.3 Å². The van der Waals surface area contributed by atoms with Crippen LogP contribution in [0, 0.1) is 6.92 Å². The lowest BCUT2D eigenvalue weighted by Crippen LogP contribution is -2.60. The van der Waals surface area contributed by atoms with E-state index in [1.165, 1.54) is 13.0 Å². The number of aliphatic hydroxyl groups excluding tert-OH is 4. The fourth-order valence-electron chi connectivity index (χ4n) is 3.81. The lowest BCUT2D eigenvalue weighted by Gasteiger charge is -2.39. The van der Waals surface area contributed by atoms with Crippen molar-refractivity contribution in [3.05, 3.63) is 53.1 Å². The van der Waals surface area contributed by atoms with E-state index in [9.17, 15) is 30.3 Å². The molecule has 1 fully saturated rings. The minimum atomic E-state index is -1.62. The van der Waals surface area contributed by atoms with Crippen LogP contribution in [0.1, 0.15) is 34.0 Å². The second-order valence-electron chi connectivity index (χ2n) is 7.68. The zero-order chi connectivity index (χ0) is 22.3. The summed E-state index contributed by atoms with van der Waals surface area (Å²) in [6, 6.07) is 10.6. The number of phenols is 1. The van der Waals surface area contributed by atoms with E-state index < -0.39 is 43.4 Å². The number of benzene rings is 2. The third-order valence-corrected chi connectivity index (χ3v) is 5.65. The maximum absolute atomic E-state index is 12.7. The predicted octanol–water partition coefficient (Wildman–Crippen LogP) is 0.586. The van der Waals surface area contributed by atoms with Gasteiger partial charge in [0.05, 0.1) is 13.0 Å². The monoisotopic (exact) mass is 432 g/mol. The molecule has 0 bridgehead atoms. The molecule has 9 nitrogen and oxygen atoms in total. The summed E-state index contributed by atoms with van der Waals surface area (Å²) in [7, 11) is 0. The Morgan fingerprint density at radius 3 is 2.48 bits per heavy atom. The number of hydrogen-bond acceptors (Lipinski definition) is 9. The first-order valence-electron chi connectivity index (χ1n) is 9.90. The van der Waals surface area contributed by atoms with Crippen molar-refractivity contribution >= 4 is 5.78 Å². The Bertz CT molecular complexity index is 959. The zero-order valence-electron chi connectivity index (χ0n) is 16.7. The van der Waals surface area contributed by atoms with Crippen LogP contribution in [0.2, 0.25) is 0 Å². The molecule has 6 unspecified atom stereocenters. The van der Waals surface area contributed by atoms with Crippen LogP contribution in [0.15, 0.2) is 36.4 Å². The van der Waals surface area contributed by atoms with E-state index in [1.807, 2.05) is 30.3 Å². The molecule has 0 saturated carbocycles. The van der Waals surface area contributed by atoms with Crippen LogP contribution in [0.5, 0.6) is 17.2 Å². The van der Waals surface area contributed by atoms with Crippen molar-refractivity contribution in [1.82, 2.24) is 0 Å². The average molecular weight is 432 g/mol. The van der Waals surface area contributed by atoms with Crippen LogP contribution in [0.4, 0.5) is 0 Å². The van der Waals surface area contributed by atoms with Gasteiger partial charge >= 0.3 is 0 Å². The van der Waals surface area contributed by atoms with E-state index in [2.05, 4.69) is 0 Å². The van der Waals surface area contributed by atoms with Crippen molar-refractivity contribution in [2.45, 2.75) is 50.2 Å². The molecule has 2 aliphatic heterocycles. The number of aliphatic hydroxyl groups is 4. The third kappa shape index (κ3) is 3.86. The standard InChI is InChI=1S/C22H24O9/c1-10-13(30-22-21(28)20(27)19(26)16(9-23)31-22)8-15-17(18(10)25)12(24)7-14(29-15)11-5-3-2-4-6-11/h2-6,8,14,16,19-23,25-28H,7,9H2,1H3. The van der Waals surface area contributed by atoms with Crippen LogP contribution >= 0.6 is 0 Å². The molecule has 0 amide bonds. The summed E-state index contributed by atoms with van der Waals surface area (Å²) < 4.78 is 17.0. The Morgan fingerprint density at radius 1 is 1.10 bits per heavy atom. The predicted molar refractivity (Wildman–Crippen MR) is 106 cm³/mol. The fourth-order valence-corrected chi connectivity index (χ4v) is 3.81. The molecule has 2 aromatic carbocycles. The maximum Gasteiger partial charge on any atom is 0.229 e. The summed E-state index contributed by atoms with van der Waals surface area (Å²) in [6.45, 7) is 0.918. The van der Waals surface area contributed by atoms with Gasteiger partial charge in [-0.25, -0.2) is 0 Å². The molecule has 0 aromatic heterocycles. The van der Waals surface area contributed by atoms with Gasteiger partial charge in [0, 0.05) is 11.6 Å². The summed E-state index contributed by atoms with van der Waals surface area (Å²) in [5.74, 6) is -0.418. The Labute approximate surface area is 178 Å². The van der Waals surface area contributed by atoms with Gasteiger partial charge < -0.3 is 39.7 Å². The quantitative estimate of drug-likeness (QED) is 0.468. The van der Waals surface area contributed by atoms with E-state index >= 15 is 0 Å². The van der Waals surface area contributed by atoms with Gasteiger partial charge in [-0.15, -0.1) is 0 Å². The van der Waals surface area contributed by atoms with E-state index in [0.29, 0.717) is 0 Å². The SMILES string of the molecule is Cc1c(OC2OC(CO)C(O)C(O)C2O)cc2c(c1O)C(=O)CC(c1ccccc1)O2. The molecular weight excluding hydrogens is 408 g/mol. The topological polar surface area (TPSA) is 146 Å². The van der Waals surface area contributed by atoms with E-state index in [0.717, 1.165) is 5.56 Å². The number of carbonyl (C=O) groups excluding carboxylic acids is 1. The van der Waals surface area contributed by atoms with Gasteiger partial charge in [-0.3, -0.25) is 4.79 Å². The van der Waals surface area contributed by atoms with Gasteiger partial charge in [0.2, 0.25) is 6.29 Å². The fraction of sp³-hybridized carbons (Fsp3) is 0.409. The largest absolute Gasteiger partial charge is 0.507 e. The molecule has 1 saturated heterocycles. The molecule has 2 aromatic rings. The van der Waals surface area contributed by atoms with Crippen LogP contribution in [0.3, 0.4) is 0 Å². The van der Waals surface area contributed by atoms with Gasteiger partial charge in [0.25, 0.3) is 0 Å². The Hall–Kier alpha value is -2.69. The van der Waals surface area contributed by atoms with E-state index in [1.54, 1.807) is 0 Å². The van der Waals surface area contributed by atoms with Gasteiger partial charge in [-0.05, 0) is 12.5 Å². The maximum atomic E-state index is 12.7. The van der Waals surface area contributed by atoms with Crippen molar-refractivity contribution in [2.24, 2.45) is 0 Å². The van der Waals surface area contributed by atoms with Crippen LogP contribution < -0.4 is 9.47 Å². The number of Topliss-reactive ketones (excluding diaryl/α,β-unsaturated/α-hetero) is 1. The van der Waals surface area contributed by atoms with E-state index in [-0.39, 0.29) is 40.6 Å². The number of aromatic hydroxyl groups is 1. The molecule has 5 N–H and O–H groups in total. The van der Waals surface area contributed by atoms with E-state index in [4.69, 9.17) is 14.2 Å². The molecule has 2 aliphatic rings. The molecule has 9 heteroatoms. The lowest BCUT2D eigenvalue weighted by molar-refractivity contribution is -0.277. The summed E-state index contributed by atoms with van der Waals surface area (Å²) in [4.78, 5) is 12.7. The minimum absolute atomic E-state index is 0.0471. The number of ketones is 1. The van der Waals surface area contributed by atoms with Crippen LogP contribution in [-0.2, 0) is 4.74 Å². The molecule has 166 valence electrons. The summed E-state index contributed by atoms with van der Waals surface area (Å²) in [5.41, 5.74) is 1.06. The summed E-state index contributed by atoms with van der Waals surface area (Å²) >= 11 is 0. The highest BCUT2D eigenvalue weighted by Crippen LogP contribution is 2.45. The molecule has 0 radical (unpaired) electrons.